The van der Waals surface area contributed by atoms with E-state index in [9.17, 15) is 14.7 Å². The molecule has 7 heteroatoms. The summed E-state index contributed by atoms with van der Waals surface area (Å²) in [5.41, 5.74) is 0.852. The molecule has 0 aromatic heterocycles. The van der Waals surface area contributed by atoms with Crippen LogP contribution < -0.4 is 4.74 Å². The highest BCUT2D eigenvalue weighted by Crippen LogP contribution is 2.35. The quantitative estimate of drug-likeness (QED) is 0.230. The Hall–Kier alpha value is -1.86. The molecule has 0 aliphatic carbocycles. The smallest absolute Gasteiger partial charge is 0.326 e. The SMILES string of the molecule is CCCCCCCCOc1ccc(/C=C2/SC(=S)N([C@H](CCC)C(=O)O)C2=O)cc1. The number of carboxylic acid groups (broad SMARTS) is 1. The predicted octanol–water partition coefficient (Wildman–Crippen LogP) is 5.88. The van der Waals surface area contributed by atoms with Crippen LogP contribution in [0.4, 0.5) is 0 Å². The summed E-state index contributed by atoms with van der Waals surface area (Å²) in [7, 11) is 0. The number of hydrogen-bond acceptors (Lipinski definition) is 5. The second-order valence-corrected chi connectivity index (χ2v) is 9.06. The van der Waals surface area contributed by atoms with Crippen molar-refractivity contribution in [3.05, 3.63) is 34.7 Å². The number of ether oxygens (including phenoxy) is 1. The number of thioether (sulfide) groups is 1. The van der Waals surface area contributed by atoms with Gasteiger partial charge in [-0.2, -0.15) is 0 Å². The standard InChI is InChI=1S/C23H31NO4S2/c1-3-5-6-7-8-9-15-28-18-13-11-17(12-14-18)16-20-21(25)24(23(29)30-20)19(10-4-2)22(26)27/h11-14,16,19H,3-10,15H2,1-2H3,(H,26,27)/b20-16+/t19-/m1/s1. The third-order valence-corrected chi connectivity index (χ3v) is 6.26. The summed E-state index contributed by atoms with van der Waals surface area (Å²) in [6.07, 6.45) is 10.1. The molecule has 0 radical (unpaired) electrons. The number of carbonyl (C=O) groups excluding carboxylic acids is 1. The fourth-order valence-corrected chi connectivity index (χ4v) is 4.63. The van der Waals surface area contributed by atoms with Crippen molar-refractivity contribution in [2.75, 3.05) is 6.61 Å². The Labute approximate surface area is 188 Å². The number of thiocarbonyl (C=S) groups is 1. The van der Waals surface area contributed by atoms with E-state index in [1.807, 2.05) is 31.2 Å². The highest BCUT2D eigenvalue weighted by Gasteiger charge is 2.39. The van der Waals surface area contributed by atoms with E-state index in [1.54, 1.807) is 6.08 Å². The van der Waals surface area contributed by atoms with E-state index in [-0.39, 0.29) is 5.91 Å². The molecule has 1 saturated heterocycles. The maximum atomic E-state index is 12.7. The van der Waals surface area contributed by atoms with E-state index >= 15 is 0 Å². The van der Waals surface area contributed by atoms with Crippen molar-refractivity contribution in [1.29, 1.82) is 0 Å². The van der Waals surface area contributed by atoms with Gasteiger partial charge in [-0.1, -0.05) is 88.5 Å². The first-order valence-electron chi connectivity index (χ1n) is 10.7. The van der Waals surface area contributed by atoms with Crippen molar-refractivity contribution >= 4 is 46.3 Å². The number of carbonyl (C=O) groups is 2. The monoisotopic (exact) mass is 449 g/mol. The number of carboxylic acids is 1. The van der Waals surface area contributed by atoms with Gasteiger partial charge in [0.05, 0.1) is 11.5 Å². The minimum absolute atomic E-state index is 0.297. The average molecular weight is 450 g/mol. The Morgan fingerprint density at radius 2 is 1.80 bits per heavy atom. The maximum absolute atomic E-state index is 12.7. The second kappa shape index (κ2) is 12.7. The Bertz CT molecular complexity index is 761. The van der Waals surface area contributed by atoms with Crippen LogP contribution in [-0.4, -0.2) is 38.9 Å². The van der Waals surface area contributed by atoms with Gasteiger partial charge >= 0.3 is 5.97 Å². The zero-order valence-corrected chi connectivity index (χ0v) is 19.4. The second-order valence-electron chi connectivity index (χ2n) is 7.38. The molecule has 1 fully saturated rings. The van der Waals surface area contributed by atoms with Crippen molar-refractivity contribution in [2.24, 2.45) is 0 Å². The van der Waals surface area contributed by atoms with Gasteiger partial charge in [0.25, 0.3) is 5.91 Å². The van der Waals surface area contributed by atoms with Gasteiger partial charge in [-0.15, -0.1) is 0 Å². The van der Waals surface area contributed by atoms with Crippen molar-refractivity contribution in [2.45, 2.75) is 71.3 Å². The van der Waals surface area contributed by atoms with Crippen molar-refractivity contribution in [3.8, 4) is 5.75 Å². The van der Waals surface area contributed by atoms with Crippen LogP contribution in [0.25, 0.3) is 6.08 Å². The molecule has 5 nitrogen and oxygen atoms in total. The van der Waals surface area contributed by atoms with Crippen molar-refractivity contribution in [3.63, 3.8) is 0 Å². The topological polar surface area (TPSA) is 66.8 Å². The maximum Gasteiger partial charge on any atom is 0.326 e. The molecular formula is C23H31NO4S2. The predicted molar refractivity (Wildman–Crippen MR) is 127 cm³/mol. The van der Waals surface area contributed by atoms with Gasteiger partial charge in [0.15, 0.2) is 0 Å². The van der Waals surface area contributed by atoms with Crippen LogP contribution in [-0.2, 0) is 9.59 Å². The third-order valence-electron chi connectivity index (χ3n) is 4.93. The Balaban J connectivity index is 1.91. The Kier molecular flexibility index (Phi) is 10.4. The molecule has 1 aliphatic rings. The van der Waals surface area contributed by atoms with E-state index in [2.05, 4.69) is 6.92 Å². The minimum atomic E-state index is -1.03. The van der Waals surface area contributed by atoms with E-state index < -0.39 is 12.0 Å². The van der Waals surface area contributed by atoms with Crippen molar-refractivity contribution < 1.29 is 19.4 Å². The average Bonchev–Trinajstić information content (AvgIpc) is 2.99. The molecule has 0 saturated carbocycles. The summed E-state index contributed by atoms with van der Waals surface area (Å²) < 4.78 is 6.09. The lowest BCUT2D eigenvalue weighted by molar-refractivity contribution is -0.145. The third kappa shape index (κ3) is 7.13. The molecule has 2 rings (SSSR count). The van der Waals surface area contributed by atoms with Gasteiger partial charge in [-0.3, -0.25) is 9.69 Å². The Morgan fingerprint density at radius 1 is 1.13 bits per heavy atom. The number of unbranched alkanes of at least 4 members (excludes halogenated alkanes) is 5. The highest BCUT2D eigenvalue weighted by atomic mass is 32.2. The fourth-order valence-electron chi connectivity index (χ4n) is 3.27. The van der Waals surface area contributed by atoms with Gasteiger partial charge in [0, 0.05) is 0 Å². The van der Waals surface area contributed by atoms with Crippen LogP contribution in [0.5, 0.6) is 5.75 Å². The van der Waals surface area contributed by atoms with Gasteiger partial charge in [0.1, 0.15) is 16.1 Å². The lowest BCUT2D eigenvalue weighted by Crippen LogP contribution is -2.43. The summed E-state index contributed by atoms with van der Waals surface area (Å²) in [5.74, 6) is -0.558. The first-order chi connectivity index (χ1) is 14.5. The molecule has 1 aliphatic heterocycles. The van der Waals surface area contributed by atoms with Crippen molar-refractivity contribution in [1.82, 2.24) is 4.90 Å². The molecule has 1 atom stereocenters. The molecule has 0 bridgehead atoms. The lowest BCUT2D eigenvalue weighted by Gasteiger charge is -2.22. The molecule has 0 unspecified atom stereocenters. The molecule has 1 aromatic carbocycles. The fraction of sp³-hybridized carbons (Fsp3) is 0.522. The first kappa shape index (κ1) is 24.4. The lowest BCUT2D eigenvalue weighted by atomic mass is 10.1. The van der Waals surface area contributed by atoms with E-state index in [0.29, 0.717) is 28.7 Å². The molecule has 1 heterocycles. The zero-order chi connectivity index (χ0) is 21.9. The van der Waals surface area contributed by atoms with E-state index in [1.165, 1.54) is 37.0 Å². The molecule has 1 aromatic rings. The number of hydrogen-bond donors (Lipinski definition) is 1. The van der Waals surface area contributed by atoms with Crippen LogP contribution >= 0.6 is 24.0 Å². The number of benzene rings is 1. The summed E-state index contributed by atoms with van der Waals surface area (Å²) in [6, 6.07) is 6.65. The Morgan fingerprint density at radius 3 is 2.43 bits per heavy atom. The molecular weight excluding hydrogens is 418 g/mol. The molecule has 1 N–H and O–H groups in total. The van der Waals surface area contributed by atoms with Crippen LogP contribution in [0.2, 0.25) is 0 Å². The van der Waals surface area contributed by atoms with Gasteiger partial charge in [0.2, 0.25) is 0 Å². The van der Waals surface area contributed by atoms with Crippen LogP contribution in [0.1, 0.15) is 70.8 Å². The summed E-state index contributed by atoms with van der Waals surface area (Å²) in [6.45, 7) is 4.81. The molecule has 0 spiro atoms. The molecule has 30 heavy (non-hydrogen) atoms. The highest BCUT2D eigenvalue weighted by molar-refractivity contribution is 8.26. The number of amides is 1. The van der Waals surface area contributed by atoms with E-state index in [4.69, 9.17) is 17.0 Å². The van der Waals surface area contributed by atoms with Crippen LogP contribution in [0, 0.1) is 0 Å². The van der Waals surface area contributed by atoms with E-state index in [0.717, 1.165) is 29.5 Å². The largest absolute Gasteiger partial charge is 0.494 e. The number of rotatable bonds is 13. The normalized spacial score (nSPS) is 16.3. The number of nitrogens with zero attached hydrogens (tertiary/aromatic N) is 1. The first-order valence-corrected chi connectivity index (χ1v) is 11.9. The molecule has 1 amide bonds. The van der Waals surface area contributed by atoms with Gasteiger partial charge in [-0.25, -0.2) is 4.79 Å². The summed E-state index contributed by atoms with van der Waals surface area (Å²) >= 11 is 6.43. The molecule has 164 valence electrons. The zero-order valence-electron chi connectivity index (χ0n) is 17.8. The summed E-state index contributed by atoms with van der Waals surface area (Å²) in [4.78, 5) is 26.0. The van der Waals surface area contributed by atoms with Crippen LogP contribution in [0.15, 0.2) is 29.2 Å². The summed E-state index contributed by atoms with van der Waals surface area (Å²) in [5, 5.41) is 9.45. The van der Waals surface area contributed by atoms with Gasteiger partial charge in [-0.05, 0) is 36.6 Å². The number of aliphatic carboxylic acids is 1. The minimum Gasteiger partial charge on any atom is -0.494 e. The van der Waals surface area contributed by atoms with Crippen LogP contribution in [0.3, 0.4) is 0 Å². The van der Waals surface area contributed by atoms with Gasteiger partial charge < -0.3 is 9.84 Å².